The van der Waals surface area contributed by atoms with E-state index in [0.29, 0.717) is 5.75 Å². The Morgan fingerprint density at radius 3 is 2.67 bits per heavy atom. The number of aryl methyl sites for hydroxylation is 2. The molecular weight excluding hydrogens is 318 g/mol. The number of hydrogen-bond donors (Lipinski definition) is 1. The van der Waals surface area contributed by atoms with E-state index in [4.69, 9.17) is 0 Å². The van der Waals surface area contributed by atoms with E-state index in [-0.39, 0.29) is 5.91 Å². The van der Waals surface area contributed by atoms with Crippen LogP contribution in [0, 0.1) is 0 Å². The lowest BCUT2D eigenvalue weighted by molar-refractivity contribution is -0.113. The molecule has 5 heteroatoms. The third kappa shape index (κ3) is 3.46. The second-order valence-corrected chi connectivity index (χ2v) is 6.42. The van der Waals surface area contributed by atoms with Crippen LogP contribution >= 0.6 is 11.8 Å². The lowest BCUT2D eigenvalue weighted by Crippen LogP contribution is -2.15. The van der Waals surface area contributed by atoms with E-state index in [1.807, 2.05) is 42.5 Å². The van der Waals surface area contributed by atoms with E-state index in [2.05, 4.69) is 34.8 Å². The van der Waals surface area contributed by atoms with E-state index in [1.165, 1.54) is 11.8 Å². The van der Waals surface area contributed by atoms with Crippen LogP contribution in [0.5, 0.6) is 0 Å². The number of carbonyl (C=O) groups is 1. The summed E-state index contributed by atoms with van der Waals surface area (Å²) in [5, 5.41) is 3.89. The Balaban J connectivity index is 1.70. The van der Waals surface area contributed by atoms with Crippen molar-refractivity contribution in [2.45, 2.75) is 32.0 Å². The SMILES string of the molecule is CCc1ccccc1NC(=O)CSc1nc2ccccc2n1CC. The summed E-state index contributed by atoms with van der Waals surface area (Å²) in [7, 11) is 0. The van der Waals surface area contributed by atoms with Gasteiger partial charge in [0.2, 0.25) is 5.91 Å². The van der Waals surface area contributed by atoms with Crippen LogP contribution < -0.4 is 5.32 Å². The molecule has 1 heterocycles. The van der Waals surface area contributed by atoms with Gasteiger partial charge in [-0.15, -0.1) is 0 Å². The second kappa shape index (κ2) is 7.53. The van der Waals surface area contributed by atoms with Crippen molar-refractivity contribution in [1.82, 2.24) is 9.55 Å². The van der Waals surface area contributed by atoms with Gasteiger partial charge in [-0.1, -0.05) is 49.0 Å². The van der Waals surface area contributed by atoms with E-state index >= 15 is 0 Å². The van der Waals surface area contributed by atoms with Gasteiger partial charge in [-0.05, 0) is 37.1 Å². The summed E-state index contributed by atoms with van der Waals surface area (Å²) in [6.45, 7) is 5.02. The summed E-state index contributed by atoms with van der Waals surface area (Å²) in [6.07, 6.45) is 0.898. The Labute approximate surface area is 146 Å². The van der Waals surface area contributed by atoms with Gasteiger partial charge in [0, 0.05) is 12.2 Å². The number of benzene rings is 2. The summed E-state index contributed by atoms with van der Waals surface area (Å²) in [5.74, 6) is 0.345. The summed E-state index contributed by atoms with van der Waals surface area (Å²) >= 11 is 1.48. The number of thioether (sulfide) groups is 1. The van der Waals surface area contributed by atoms with Crippen molar-refractivity contribution in [3.63, 3.8) is 0 Å². The molecule has 0 atom stereocenters. The number of para-hydroxylation sites is 3. The molecule has 0 aliphatic carbocycles. The van der Waals surface area contributed by atoms with E-state index < -0.39 is 0 Å². The van der Waals surface area contributed by atoms with Crippen LogP contribution in [0.15, 0.2) is 53.7 Å². The highest BCUT2D eigenvalue weighted by atomic mass is 32.2. The highest BCUT2D eigenvalue weighted by Gasteiger charge is 2.12. The van der Waals surface area contributed by atoms with Crippen molar-refractivity contribution in [3.05, 3.63) is 54.1 Å². The highest BCUT2D eigenvalue weighted by molar-refractivity contribution is 7.99. The molecule has 1 N–H and O–H groups in total. The van der Waals surface area contributed by atoms with Crippen molar-refractivity contribution < 1.29 is 4.79 Å². The number of amides is 1. The molecule has 3 rings (SSSR count). The van der Waals surface area contributed by atoms with E-state index in [9.17, 15) is 4.79 Å². The third-order valence-corrected chi connectivity index (χ3v) is 4.92. The van der Waals surface area contributed by atoms with E-state index in [0.717, 1.165) is 40.4 Å². The van der Waals surface area contributed by atoms with Crippen LogP contribution in [-0.2, 0) is 17.8 Å². The molecule has 0 fully saturated rings. The fourth-order valence-corrected chi connectivity index (χ4v) is 3.61. The second-order valence-electron chi connectivity index (χ2n) is 5.47. The molecule has 0 radical (unpaired) electrons. The van der Waals surface area contributed by atoms with Crippen LogP contribution in [0.1, 0.15) is 19.4 Å². The maximum atomic E-state index is 12.3. The zero-order valence-electron chi connectivity index (χ0n) is 14.0. The van der Waals surface area contributed by atoms with Gasteiger partial charge in [0.15, 0.2) is 5.16 Å². The lowest BCUT2D eigenvalue weighted by Gasteiger charge is -2.10. The van der Waals surface area contributed by atoms with Crippen LogP contribution in [-0.4, -0.2) is 21.2 Å². The van der Waals surface area contributed by atoms with Crippen LogP contribution in [0.2, 0.25) is 0 Å². The van der Waals surface area contributed by atoms with Gasteiger partial charge in [-0.2, -0.15) is 0 Å². The van der Waals surface area contributed by atoms with Gasteiger partial charge in [-0.3, -0.25) is 4.79 Å². The summed E-state index contributed by atoms with van der Waals surface area (Å²) in [4.78, 5) is 16.9. The molecule has 0 spiro atoms. The monoisotopic (exact) mass is 339 g/mol. The fraction of sp³-hybridized carbons (Fsp3) is 0.263. The molecular formula is C19H21N3OS. The maximum Gasteiger partial charge on any atom is 0.234 e. The van der Waals surface area contributed by atoms with Gasteiger partial charge in [0.25, 0.3) is 0 Å². The topological polar surface area (TPSA) is 46.9 Å². The summed E-state index contributed by atoms with van der Waals surface area (Å²) < 4.78 is 2.15. The zero-order chi connectivity index (χ0) is 16.9. The first-order valence-electron chi connectivity index (χ1n) is 8.18. The molecule has 0 aliphatic heterocycles. The smallest absolute Gasteiger partial charge is 0.234 e. The van der Waals surface area contributed by atoms with Crippen molar-refractivity contribution in [1.29, 1.82) is 0 Å². The molecule has 4 nitrogen and oxygen atoms in total. The third-order valence-electron chi connectivity index (χ3n) is 3.94. The van der Waals surface area contributed by atoms with Crippen LogP contribution in [0.25, 0.3) is 11.0 Å². The fourth-order valence-electron chi connectivity index (χ4n) is 2.74. The van der Waals surface area contributed by atoms with Crippen LogP contribution in [0.3, 0.4) is 0 Å². The zero-order valence-corrected chi connectivity index (χ0v) is 14.8. The number of aromatic nitrogens is 2. The first-order valence-corrected chi connectivity index (χ1v) is 9.17. The quantitative estimate of drug-likeness (QED) is 0.679. The normalized spacial score (nSPS) is 10.9. The molecule has 3 aromatic rings. The summed E-state index contributed by atoms with van der Waals surface area (Å²) in [6, 6.07) is 16.0. The number of hydrogen-bond acceptors (Lipinski definition) is 3. The predicted molar refractivity (Wildman–Crippen MR) is 101 cm³/mol. The van der Waals surface area contributed by atoms with Crippen molar-refractivity contribution in [2.24, 2.45) is 0 Å². The number of rotatable bonds is 6. The molecule has 1 aromatic heterocycles. The number of fused-ring (bicyclic) bond motifs is 1. The van der Waals surface area contributed by atoms with Crippen molar-refractivity contribution >= 4 is 34.4 Å². The van der Waals surface area contributed by atoms with Crippen LogP contribution in [0.4, 0.5) is 5.69 Å². The predicted octanol–water partition coefficient (Wildman–Crippen LogP) is 4.35. The van der Waals surface area contributed by atoms with Gasteiger partial charge in [-0.25, -0.2) is 4.98 Å². The van der Waals surface area contributed by atoms with Gasteiger partial charge < -0.3 is 9.88 Å². The first kappa shape index (κ1) is 16.6. The van der Waals surface area contributed by atoms with Crippen molar-refractivity contribution in [3.8, 4) is 0 Å². The minimum absolute atomic E-state index is 0.00407. The highest BCUT2D eigenvalue weighted by Crippen LogP contribution is 2.24. The molecule has 124 valence electrons. The molecule has 2 aromatic carbocycles. The molecule has 24 heavy (non-hydrogen) atoms. The van der Waals surface area contributed by atoms with Gasteiger partial charge in [0.05, 0.1) is 16.8 Å². The Kier molecular flexibility index (Phi) is 5.20. The molecule has 0 aliphatic rings. The minimum atomic E-state index is -0.00407. The van der Waals surface area contributed by atoms with Crippen molar-refractivity contribution in [2.75, 3.05) is 11.1 Å². The largest absolute Gasteiger partial charge is 0.325 e. The Morgan fingerprint density at radius 2 is 1.88 bits per heavy atom. The number of anilines is 1. The average Bonchev–Trinajstić information content (AvgIpc) is 2.98. The number of nitrogens with one attached hydrogen (secondary N) is 1. The Hall–Kier alpha value is -2.27. The standard InChI is InChI=1S/C19H21N3OS/c1-3-14-9-5-6-10-15(14)20-18(23)13-24-19-21-16-11-7-8-12-17(16)22(19)4-2/h5-12H,3-4,13H2,1-2H3,(H,20,23). The molecule has 0 saturated heterocycles. The minimum Gasteiger partial charge on any atom is -0.325 e. The number of carbonyl (C=O) groups excluding carboxylic acids is 1. The summed E-state index contributed by atoms with van der Waals surface area (Å²) in [5.41, 5.74) is 4.13. The molecule has 0 bridgehead atoms. The molecule has 0 unspecified atom stereocenters. The lowest BCUT2D eigenvalue weighted by atomic mass is 10.1. The van der Waals surface area contributed by atoms with Gasteiger partial charge >= 0.3 is 0 Å². The Bertz CT molecular complexity index is 857. The van der Waals surface area contributed by atoms with E-state index in [1.54, 1.807) is 0 Å². The number of imidazole rings is 1. The molecule has 1 amide bonds. The maximum absolute atomic E-state index is 12.3. The average molecular weight is 339 g/mol. The van der Waals surface area contributed by atoms with Gasteiger partial charge in [0.1, 0.15) is 0 Å². The number of nitrogens with zero attached hydrogens (tertiary/aromatic N) is 2. The first-order chi connectivity index (χ1) is 11.7. The Morgan fingerprint density at radius 1 is 1.12 bits per heavy atom. The molecule has 0 saturated carbocycles.